The molecule has 0 radical (unpaired) electrons. The molecule has 148 valence electrons. The van der Waals surface area contributed by atoms with Crippen molar-refractivity contribution in [2.24, 2.45) is 5.41 Å². The summed E-state index contributed by atoms with van der Waals surface area (Å²) in [5.41, 5.74) is -0.870. The van der Waals surface area contributed by atoms with Gasteiger partial charge in [-0.25, -0.2) is 0 Å². The molecule has 0 unspecified atom stereocenters. The number of carboxylic acid groups (broad SMARTS) is 2. The first kappa shape index (κ1) is 24.6. The molecular weight excluding hydrogens is 356 g/mol. The fourth-order valence-corrected chi connectivity index (χ4v) is 3.70. The second-order valence-electron chi connectivity index (χ2n) is 6.96. The molecule has 0 spiro atoms. The van der Waals surface area contributed by atoms with E-state index in [1.54, 1.807) is 0 Å². The van der Waals surface area contributed by atoms with E-state index in [0.29, 0.717) is 12.8 Å². The Kier molecular flexibility index (Phi) is 15.6. The highest BCUT2D eigenvalue weighted by molar-refractivity contribution is 7.80. The lowest BCUT2D eigenvalue weighted by Crippen LogP contribution is -2.32. The first-order valence-electron chi connectivity index (χ1n) is 9.65. The molecule has 0 saturated heterocycles. The Hall–Kier alpha value is -0.360. The summed E-state index contributed by atoms with van der Waals surface area (Å²) in [5, 5.41) is 18.8. The van der Waals surface area contributed by atoms with Crippen LogP contribution in [-0.2, 0) is 9.59 Å². The molecule has 0 aliphatic heterocycles. The number of rotatable bonds is 18. The van der Waals surface area contributed by atoms with Gasteiger partial charge in [0.25, 0.3) is 0 Å². The van der Waals surface area contributed by atoms with Crippen molar-refractivity contribution in [2.45, 2.75) is 89.9 Å². The smallest absolute Gasteiger partial charge is 0.309 e. The van der Waals surface area contributed by atoms with Gasteiger partial charge in [-0.2, -0.15) is 25.3 Å². The van der Waals surface area contributed by atoms with Crippen molar-refractivity contribution in [2.75, 3.05) is 11.5 Å². The highest BCUT2D eigenvalue weighted by atomic mass is 32.1. The molecule has 0 amide bonds. The summed E-state index contributed by atoms with van der Waals surface area (Å²) in [6, 6.07) is 0. The fourth-order valence-electron chi connectivity index (χ4n) is 3.25. The average molecular weight is 393 g/mol. The first-order chi connectivity index (χ1) is 12.0. The van der Waals surface area contributed by atoms with Crippen molar-refractivity contribution in [3.8, 4) is 0 Å². The number of carboxylic acids is 2. The van der Waals surface area contributed by atoms with Gasteiger partial charge in [-0.15, -0.1) is 0 Å². The fraction of sp³-hybridized carbons (Fsp3) is 0.895. The molecule has 0 aliphatic rings. The van der Waals surface area contributed by atoms with E-state index in [4.69, 9.17) is 5.11 Å². The van der Waals surface area contributed by atoms with Crippen molar-refractivity contribution >= 4 is 37.2 Å². The Bertz CT molecular complexity index is 345. The number of carbonyl (C=O) groups is 2. The minimum Gasteiger partial charge on any atom is -0.481 e. The van der Waals surface area contributed by atoms with Crippen LogP contribution in [0.5, 0.6) is 0 Å². The summed E-state index contributed by atoms with van der Waals surface area (Å²) in [5.74, 6) is 0.0585. The van der Waals surface area contributed by atoms with Crippen LogP contribution in [0.25, 0.3) is 0 Å². The number of unbranched alkanes of at least 4 members (excludes halogenated alkanes) is 8. The summed E-state index contributed by atoms with van der Waals surface area (Å²) in [7, 11) is 0. The van der Waals surface area contributed by atoms with E-state index in [-0.39, 0.29) is 12.8 Å². The van der Waals surface area contributed by atoms with Gasteiger partial charge in [0.15, 0.2) is 0 Å². The van der Waals surface area contributed by atoms with E-state index in [1.165, 1.54) is 0 Å². The summed E-state index contributed by atoms with van der Waals surface area (Å²) in [6.07, 6.45) is 11.7. The van der Waals surface area contributed by atoms with Gasteiger partial charge >= 0.3 is 11.9 Å². The van der Waals surface area contributed by atoms with Crippen LogP contribution in [0.4, 0.5) is 0 Å². The molecule has 0 heterocycles. The third-order valence-corrected chi connectivity index (χ3v) is 5.53. The molecular formula is C19H36O4S2. The number of hydrogen-bond acceptors (Lipinski definition) is 4. The van der Waals surface area contributed by atoms with Crippen LogP contribution < -0.4 is 0 Å². The summed E-state index contributed by atoms with van der Waals surface area (Å²) >= 11 is 8.39. The van der Waals surface area contributed by atoms with Crippen LogP contribution in [0.15, 0.2) is 0 Å². The average Bonchev–Trinajstić information content (AvgIpc) is 2.57. The minimum atomic E-state index is -0.909. The lowest BCUT2D eigenvalue weighted by Gasteiger charge is -2.29. The number of thiol groups is 2. The molecule has 0 atom stereocenters. The summed E-state index contributed by atoms with van der Waals surface area (Å²) in [6.45, 7) is 0. The van der Waals surface area contributed by atoms with Crippen LogP contribution in [0.2, 0.25) is 0 Å². The van der Waals surface area contributed by atoms with E-state index in [9.17, 15) is 14.7 Å². The summed E-state index contributed by atoms with van der Waals surface area (Å²) in [4.78, 5) is 22.9. The molecule has 0 aliphatic carbocycles. The molecule has 0 rings (SSSR count). The normalized spacial score (nSPS) is 11.6. The van der Waals surface area contributed by atoms with Gasteiger partial charge in [0.1, 0.15) is 0 Å². The molecule has 0 saturated carbocycles. The third-order valence-electron chi connectivity index (χ3n) is 4.90. The van der Waals surface area contributed by atoms with E-state index in [0.717, 1.165) is 75.7 Å². The molecule has 0 aromatic carbocycles. The Morgan fingerprint density at radius 1 is 0.640 bits per heavy atom. The van der Waals surface area contributed by atoms with Gasteiger partial charge in [0, 0.05) is 6.42 Å². The minimum absolute atomic E-state index is 0.0639. The predicted molar refractivity (Wildman–Crippen MR) is 110 cm³/mol. The highest BCUT2D eigenvalue weighted by Crippen LogP contribution is 2.37. The molecule has 25 heavy (non-hydrogen) atoms. The molecule has 6 heteroatoms. The summed E-state index contributed by atoms with van der Waals surface area (Å²) < 4.78 is 0. The Morgan fingerprint density at radius 2 is 1.04 bits per heavy atom. The van der Waals surface area contributed by atoms with Crippen LogP contribution in [0.1, 0.15) is 89.9 Å². The maximum atomic E-state index is 12.0. The molecule has 0 fully saturated rings. The lowest BCUT2D eigenvalue weighted by molar-refractivity contribution is -0.151. The van der Waals surface area contributed by atoms with Gasteiger partial charge in [0.05, 0.1) is 5.41 Å². The van der Waals surface area contributed by atoms with Crippen LogP contribution in [0, 0.1) is 5.41 Å². The van der Waals surface area contributed by atoms with Crippen LogP contribution in [-0.4, -0.2) is 33.7 Å². The molecule has 2 N–H and O–H groups in total. The van der Waals surface area contributed by atoms with E-state index in [1.807, 2.05) is 0 Å². The lowest BCUT2D eigenvalue weighted by atomic mass is 9.74. The Morgan fingerprint density at radius 3 is 1.40 bits per heavy atom. The largest absolute Gasteiger partial charge is 0.481 e. The zero-order valence-electron chi connectivity index (χ0n) is 15.4. The van der Waals surface area contributed by atoms with Crippen molar-refractivity contribution < 1.29 is 19.8 Å². The van der Waals surface area contributed by atoms with Crippen molar-refractivity contribution in [3.63, 3.8) is 0 Å². The first-order valence-corrected chi connectivity index (χ1v) is 10.9. The van der Waals surface area contributed by atoms with Gasteiger partial charge < -0.3 is 10.2 Å². The predicted octanol–water partition coefficient (Wildman–Crippen LogP) is 5.46. The third kappa shape index (κ3) is 12.6. The van der Waals surface area contributed by atoms with Crippen molar-refractivity contribution in [1.82, 2.24) is 0 Å². The van der Waals surface area contributed by atoms with Crippen LogP contribution >= 0.6 is 25.3 Å². The Labute approximate surface area is 164 Å². The van der Waals surface area contributed by atoms with Gasteiger partial charge in [-0.1, -0.05) is 51.4 Å². The zero-order chi connectivity index (χ0) is 19.0. The quantitative estimate of drug-likeness (QED) is 0.184. The number of hydrogen-bond donors (Lipinski definition) is 4. The van der Waals surface area contributed by atoms with Crippen molar-refractivity contribution in [1.29, 1.82) is 0 Å². The van der Waals surface area contributed by atoms with Crippen molar-refractivity contribution in [3.05, 3.63) is 0 Å². The molecule has 4 nitrogen and oxygen atoms in total. The standard InChI is InChI=1S/C19H36O4S2/c20-17(21)11-14-19(18(22)23,12-7-3-1-5-9-15-24)13-8-4-2-6-10-16-25/h24-25H,1-16H2,(H,20,21)(H,22,23). The number of aliphatic carboxylic acids is 2. The topological polar surface area (TPSA) is 74.6 Å². The SMILES string of the molecule is O=C(O)CCC(CCCCCCCS)(CCCCCCCS)C(=O)O. The van der Waals surface area contributed by atoms with E-state index < -0.39 is 17.4 Å². The monoisotopic (exact) mass is 392 g/mol. The maximum Gasteiger partial charge on any atom is 0.309 e. The molecule has 0 aromatic rings. The van der Waals surface area contributed by atoms with Gasteiger partial charge in [-0.3, -0.25) is 9.59 Å². The van der Waals surface area contributed by atoms with E-state index in [2.05, 4.69) is 25.3 Å². The molecule has 0 aromatic heterocycles. The highest BCUT2D eigenvalue weighted by Gasteiger charge is 2.37. The zero-order valence-corrected chi connectivity index (χ0v) is 17.2. The Balaban J connectivity index is 4.48. The maximum absolute atomic E-state index is 12.0. The second-order valence-corrected chi connectivity index (χ2v) is 7.86. The van der Waals surface area contributed by atoms with Crippen LogP contribution in [0.3, 0.4) is 0 Å². The van der Waals surface area contributed by atoms with E-state index >= 15 is 0 Å². The van der Waals surface area contributed by atoms with Gasteiger partial charge in [0.2, 0.25) is 0 Å². The second kappa shape index (κ2) is 15.9. The van der Waals surface area contributed by atoms with Gasteiger partial charge in [-0.05, 0) is 43.6 Å². The molecule has 0 bridgehead atoms.